The molecular formula is C14H18N2O3. The molecule has 0 aliphatic carbocycles. The van der Waals surface area contributed by atoms with Crippen LogP contribution >= 0.6 is 0 Å². The third kappa shape index (κ3) is 3.06. The summed E-state index contributed by atoms with van der Waals surface area (Å²) in [5.41, 5.74) is 6.37. The normalized spacial score (nSPS) is 10.5. The SMILES string of the molecule is COc1ccc(-c2cnc(CCCN)o2)cc1OC. The molecule has 5 nitrogen and oxygen atoms in total. The minimum Gasteiger partial charge on any atom is -0.493 e. The summed E-state index contributed by atoms with van der Waals surface area (Å²) in [6, 6.07) is 5.62. The second-order valence-electron chi connectivity index (χ2n) is 4.08. The lowest BCUT2D eigenvalue weighted by atomic mass is 10.1. The summed E-state index contributed by atoms with van der Waals surface area (Å²) in [5.74, 6) is 2.78. The maximum absolute atomic E-state index is 5.68. The third-order valence-electron chi connectivity index (χ3n) is 2.82. The number of ether oxygens (including phenoxy) is 2. The molecule has 0 atom stereocenters. The molecule has 0 spiro atoms. The van der Waals surface area contributed by atoms with Crippen molar-refractivity contribution in [2.24, 2.45) is 5.73 Å². The molecule has 102 valence electrons. The number of nitrogens with zero attached hydrogens (tertiary/aromatic N) is 1. The molecule has 0 unspecified atom stereocenters. The first-order valence-electron chi connectivity index (χ1n) is 6.15. The van der Waals surface area contributed by atoms with Crippen LogP contribution in [0.3, 0.4) is 0 Å². The van der Waals surface area contributed by atoms with E-state index in [4.69, 9.17) is 19.6 Å². The highest BCUT2D eigenvalue weighted by molar-refractivity contribution is 5.62. The van der Waals surface area contributed by atoms with Gasteiger partial charge in [-0.3, -0.25) is 0 Å². The van der Waals surface area contributed by atoms with Gasteiger partial charge in [-0.2, -0.15) is 0 Å². The van der Waals surface area contributed by atoms with Gasteiger partial charge in [-0.05, 0) is 31.2 Å². The number of hydrogen-bond acceptors (Lipinski definition) is 5. The number of oxazole rings is 1. The highest BCUT2D eigenvalue weighted by Crippen LogP contribution is 2.32. The first-order valence-corrected chi connectivity index (χ1v) is 6.15. The number of aryl methyl sites for hydroxylation is 1. The highest BCUT2D eigenvalue weighted by Gasteiger charge is 2.10. The van der Waals surface area contributed by atoms with Crippen molar-refractivity contribution in [1.82, 2.24) is 4.98 Å². The maximum atomic E-state index is 5.68. The second-order valence-corrected chi connectivity index (χ2v) is 4.08. The molecule has 19 heavy (non-hydrogen) atoms. The molecule has 2 N–H and O–H groups in total. The van der Waals surface area contributed by atoms with Crippen molar-refractivity contribution in [3.8, 4) is 22.8 Å². The van der Waals surface area contributed by atoms with Crippen LogP contribution in [-0.2, 0) is 6.42 Å². The first-order chi connectivity index (χ1) is 9.28. The molecule has 0 amide bonds. The fourth-order valence-electron chi connectivity index (χ4n) is 1.80. The average molecular weight is 262 g/mol. The first kappa shape index (κ1) is 13.4. The van der Waals surface area contributed by atoms with Gasteiger partial charge in [0.05, 0.1) is 20.4 Å². The minimum atomic E-state index is 0.633. The van der Waals surface area contributed by atoms with Gasteiger partial charge in [0.15, 0.2) is 23.1 Å². The van der Waals surface area contributed by atoms with E-state index in [1.807, 2.05) is 18.2 Å². The van der Waals surface area contributed by atoms with E-state index in [1.165, 1.54) is 0 Å². The van der Waals surface area contributed by atoms with Gasteiger partial charge in [0.1, 0.15) is 0 Å². The van der Waals surface area contributed by atoms with Gasteiger partial charge < -0.3 is 19.6 Å². The van der Waals surface area contributed by atoms with Crippen LogP contribution in [0.25, 0.3) is 11.3 Å². The Bertz CT molecular complexity index is 537. The Balaban J connectivity index is 2.23. The molecule has 2 aromatic rings. The van der Waals surface area contributed by atoms with Gasteiger partial charge in [-0.15, -0.1) is 0 Å². The number of nitrogens with two attached hydrogens (primary N) is 1. The molecule has 5 heteroatoms. The van der Waals surface area contributed by atoms with E-state index in [9.17, 15) is 0 Å². The van der Waals surface area contributed by atoms with E-state index in [1.54, 1.807) is 20.4 Å². The maximum Gasteiger partial charge on any atom is 0.194 e. The molecular weight excluding hydrogens is 244 g/mol. The summed E-state index contributed by atoms with van der Waals surface area (Å²) in [6.07, 6.45) is 3.34. The topological polar surface area (TPSA) is 70.5 Å². The Morgan fingerprint density at radius 2 is 2.00 bits per heavy atom. The smallest absolute Gasteiger partial charge is 0.194 e. The highest BCUT2D eigenvalue weighted by atomic mass is 16.5. The Hall–Kier alpha value is -2.01. The summed E-state index contributed by atoms with van der Waals surface area (Å²) in [7, 11) is 3.21. The Morgan fingerprint density at radius 1 is 1.21 bits per heavy atom. The van der Waals surface area contributed by atoms with E-state index in [2.05, 4.69) is 4.98 Å². The Morgan fingerprint density at radius 3 is 2.68 bits per heavy atom. The molecule has 0 bridgehead atoms. The monoisotopic (exact) mass is 262 g/mol. The molecule has 0 saturated carbocycles. The van der Waals surface area contributed by atoms with Crippen LogP contribution in [0.15, 0.2) is 28.8 Å². The number of benzene rings is 1. The fourth-order valence-corrected chi connectivity index (χ4v) is 1.80. The van der Waals surface area contributed by atoms with Gasteiger partial charge in [0.25, 0.3) is 0 Å². The molecule has 0 aliphatic rings. The minimum absolute atomic E-state index is 0.633. The van der Waals surface area contributed by atoms with Gasteiger partial charge >= 0.3 is 0 Å². The predicted molar refractivity (Wildman–Crippen MR) is 72.4 cm³/mol. The van der Waals surface area contributed by atoms with Crippen molar-refractivity contribution < 1.29 is 13.9 Å². The van der Waals surface area contributed by atoms with Gasteiger partial charge in [0, 0.05) is 12.0 Å². The zero-order valence-corrected chi connectivity index (χ0v) is 11.2. The zero-order valence-electron chi connectivity index (χ0n) is 11.2. The van der Waals surface area contributed by atoms with Crippen LogP contribution < -0.4 is 15.2 Å². The van der Waals surface area contributed by atoms with Gasteiger partial charge in [-0.25, -0.2) is 4.98 Å². The molecule has 0 saturated heterocycles. The largest absolute Gasteiger partial charge is 0.493 e. The van der Waals surface area contributed by atoms with E-state index < -0.39 is 0 Å². The lowest BCUT2D eigenvalue weighted by molar-refractivity contribution is 0.355. The number of aromatic nitrogens is 1. The molecule has 1 aromatic carbocycles. The zero-order chi connectivity index (χ0) is 13.7. The molecule has 0 radical (unpaired) electrons. The molecule has 2 rings (SSSR count). The molecule has 0 fully saturated rings. The van der Waals surface area contributed by atoms with Crippen LogP contribution in [0.2, 0.25) is 0 Å². The molecule has 0 aliphatic heterocycles. The quantitative estimate of drug-likeness (QED) is 0.864. The Kier molecular flexibility index (Phi) is 4.41. The third-order valence-corrected chi connectivity index (χ3v) is 2.82. The second kappa shape index (κ2) is 6.24. The number of methoxy groups -OCH3 is 2. The summed E-state index contributed by atoms with van der Waals surface area (Å²) in [4.78, 5) is 4.23. The summed E-state index contributed by atoms with van der Waals surface area (Å²) >= 11 is 0. The van der Waals surface area contributed by atoms with Crippen molar-refractivity contribution in [3.05, 3.63) is 30.3 Å². The number of rotatable bonds is 6. The lowest BCUT2D eigenvalue weighted by Gasteiger charge is -2.08. The van der Waals surface area contributed by atoms with E-state index in [-0.39, 0.29) is 0 Å². The van der Waals surface area contributed by atoms with Gasteiger partial charge in [0.2, 0.25) is 0 Å². The van der Waals surface area contributed by atoms with Crippen molar-refractivity contribution in [1.29, 1.82) is 0 Å². The average Bonchev–Trinajstić information content (AvgIpc) is 2.93. The molecule has 1 aromatic heterocycles. The van der Waals surface area contributed by atoms with Crippen molar-refractivity contribution in [3.63, 3.8) is 0 Å². The van der Waals surface area contributed by atoms with Crippen molar-refractivity contribution in [2.45, 2.75) is 12.8 Å². The van der Waals surface area contributed by atoms with E-state index >= 15 is 0 Å². The van der Waals surface area contributed by atoms with Crippen LogP contribution in [-0.4, -0.2) is 25.7 Å². The van der Waals surface area contributed by atoms with Crippen molar-refractivity contribution >= 4 is 0 Å². The predicted octanol–water partition coefficient (Wildman–Crippen LogP) is 2.25. The van der Waals surface area contributed by atoms with Gasteiger partial charge in [-0.1, -0.05) is 0 Å². The van der Waals surface area contributed by atoms with E-state index in [0.29, 0.717) is 29.7 Å². The van der Waals surface area contributed by atoms with Crippen LogP contribution in [0.4, 0.5) is 0 Å². The fraction of sp³-hybridized carbons (Fsp3) is 0.357. The molecule has 1 heterocycles. The lowest BCUT2D eigenvalue weighted by Crippen LogP contribution is -2.00. The standard InChI is InChI=1S/C14H18N2O3/c1-17-11-6-5-10(8-12(11)18-2)13-9-16-14(19-13)4-3-7-15/h5-6,8-9H,3-4,7,15H2,1-2H3. The van der Waals surface area contributed by atoms with Crippen LogP contribution in [0.1, 0.15) is 12.3 Å². The summed E-state index contributed by atoms with van der Waals surface area (Å²) < 4.78 is 16.1. The summed E-state index contributed by atoms with van der Waals surface area (Å²) in [6.45, 7) is 0.633. The van der Waals surface area contributed by atoms with E-state index in [0.717, 1.165) is 18.4 Å². The van der Waals surface area contributed by atoms with Crippen LogP contribution in [0, 0.1) is 0 Å². The Labute approximate surface area is 112 Å². The summed E-state index contributed by atoms with van der Waals surface area (Å²) in [5, 5.41) is 0. The number of hydrogen-bond donors (Lipinski definition) is 1. The van der Waals surface area contributed by atoms with Crippen molar-refractivity contribution in [2.75, 3.05) is 20.8 Å². The van der Waals surface area contributed by atoms with Crippen LogP contribution in [0.5, 0.6) is 11.5 Å².